The Morgan fingerprint density at radius 1 is 0.887 bits per heavy atom. The molecule has 0 spiro atoms. The fraction of sp³-hybridized carbons (Fsp3) is 0.451. The lowest BCUT2D eigenvalue weighted by Gasteiger charge is -2.44. The number of amides is 3. The molecule has 5 aromatic rings. The molecule has 376 valence electrons. The van der Waals surface area contributed by atoms with Crippen LogP contribution in [0.2, 0.25) is 0 Å². The number of hydrogen-bond donors (Lipinski definition) is 3. The molecule has 2 atom stereocenters. The minimum absolute atomic E-state index is 0.0246. The Kier molecular flexibility index (Phi) is 14.8. The molecule has 2 aromatic heterocycles. The summed E-state index contributed by atoms with van der Waals surface area (Å²) in [6.07, 6.45) is 5.08. The van der Waals surface area contributed by atoms with Gasteiger partial charge in [-0.25, -0.2) is 18.7 Å². The van der Waals surface area contributed by atoms with E-state index in [1.54, 1.807) is 32.7 Å². The van der Waals surface area contributed by atoms with Crippen LogP contribution in [0.1, 0.15) is 63.0 Å². The summed E-state index contributed by atoms with van der Waals surface area (Å²) in [7, 11) is -1.15. The van der Waals surface area contributed by atoms with Crippen molar-refractivity contribution in [2.75, 3.05) is 99.8 Å². The van der Waals surface area contributed by atoms with E-state index >= 15 is 8.78 Å². The highest BCUT2D eigenvalue weighted by molar-refractivity contribution is 9.10. The summed E-state index contributed by atoms with van der Waals surface area (Å²) < 4.78 is 56.6. The van der Waals surface area contributed by atoms with Crippen molar-refractivity contribution in [3.05, 3.63) is 82.0 Å². The number of nitrogens with zero attached hydrogens (tertiary/aromatic N) is 7. The third-order valence-electron chi connectivity index (χ3n) is 14.2. The van der Waals surface area contributed by atoms with Crippen LogP contribution in [-0.2, 0) is 25.4 Å². The van der Waals surface area contributed by atoms with E-state index in [9.17, 15) is 18.9 Å². The molecule has 0 aliphatic carbocycles. The molecule has 4 aliphatic rings. The van der Waals surface area contributed by atoms with E-state index in [1.807, 2.05) is 34.9 Å². The van der Waals surface area contributed by atoms with E-state index in [4.69, 9.17) is 14.5 Å². The van der Waals surface area contributed by atoms with E-state index < -0.39 is 36.5 Å². The van der Waals surface area contributed by atoms with Gasteiger partial charge >= 0.3 is 0 Å². The minimum Gasteiger partial charge on any atom is -0.494 e. The molecule has 4 fully saturated rings. The second-order valence-electron chi connectivity index (χ2n) is 19.0. The average Bonchev–Trinajstić information content (AvgIpc) is 3.86. The van der Waals surface area contributed by atoms with Gasteiger partial charge < -0.3 is 39.4 Å². The maximum atomic E-state index is 15.3. The van der Waals surface area contributed by atoms with Gasteiger partial charge in [0.2, 0.25) is 29.5 Å². The van der Waals surface area contributed by atoms with Crippen LogP contribution < -0.4 is 40.5 Å². The highest BCUT2D eigenvalue weighted by Crippen LogP contribution is 2.43. The molecule has 0 saturated carbocycles. The number of nitrogens with one attached hydrogen (secondary N) is 3. The first-order chi connectivity index (χ1) is 34.1. The lowest BCUT2D eigenvalue weighted by molar-refractivity contribution is -0.137. The van der Waals surface area contributed by atoms with Crippen molar-refractivity contribution in [3.8, 4) is 11.6 Å². The first kappa shape index (κ1) is 50.0. The molecular formula is C51H60BrF2N10O6P. The summed E-state index contributed by atoms with van der Waals surface area (Å²) in [5.41, 5.74) is 4.37. The maximum absolute atomic E-state index is 15.3. The summed E-state index contributed by atoms with van der Waals surface area (Å²) in [4.78, 5) is 60.4. The Morgan fingerprint density at radius 2 is 1.62 bits per heavy atom. The molecule has 4 aliphatic heterocycles. The Bertz CT molecular complexity index is 2890. The van der Waals surface area contributed by atoms with E-state index in [0.717, 1.165) is 67.8 Å². The van der Waals surface area contributed by atoms with E-state index in [-0.39, 0.29) is 30.2 Å². The standard InChI is InChI=1S/C51H60BrF2N10O6P/c1-6-30-24-41(58-51-55-28-36(52)48(60-51)57-40-11-10-39-34(47(40)71(4,5)68)9-13-45(56-39)70-7-2)43(69-3)27-42(30)62-18-15-32(16-19-62)61-20-22-63(23-21-61)50(67)31-14-17-64(29-31)33-25-37(53)46(38(54)26-33)35-8-12-44(65)59-49(35)66/h9-11,13,24-28,31-32,35H,6-8,12,14-23,29H2,1-5H3,(H,59,65,66)(H2,55,57,58,60)/t31-,35-/m1/s1. The van der Waals surface area contributed by atoms with Gasteiger partial charge in [-0.3, -0.25) is 24.6 Å². The smallest absolute Gasteiger partial charge is 0.234 e. The molecule has 0 radical (unpaired) electrons. The number of anilines is 6. The van der Waals surface area contributed by atoms with Crippen molar-refractivity contribution in [1.29, 1.82) is 0 Å². The minimum atomic E-state index is -2.81. The van der Waals surface area contributed by atoms with E-state index in [0.29, 0.717) is 95.3 Å². The number of carbonyl (C=O) groups is 3. The van der Waals surface area contributed by atoms with Crippen molar-refractivity contribution >= 4 is 91.5 Å². The number of fused-ring (bicyclic) bond motifs is 1. The molecule has 0 unspecified atom stereocenters. The van der Waals surface area contributed by atoms with Crippen LogP contribution in [0.4, 0.5) is 43.3 Å². The number of methoxy groups -OCH3 is 1. The Balaban J connectivity index is 0.798. The summed E-state index contributed by atoms with van der Waals surface area (Å²) in [6.45, 7) is 13.4. The highest BCUT2D eigenvalue weighted by atomic mass is 79.9. The molecule has 9 rings (SSSR count). The van der Waals surface area contributed by atoms with Gasteiger partial charge in [0.1, 0.15) is 30.3 Å². The molecule has 0 bridgehead atoms. The van der Waals surface area contributed by atoms with Gasteiger partial charge in [-0.15, -0.1) is 0 Å². The zero-order chi connectivity index (χ0) is 50.1. The maximum Gasteiger partial charge on any atom is 0.234 e. The van der Waals surface area contributed by atoms with Gasteiger partial charge in [0.25, 0.3) is 0 Å². The zero-order valence-electron chi connectivity index (χ0n) is 40.7. The van der Waals surface area contributed by atoms with Crippen molar-refractivity contribution < 1.29 is 37.2 Å². The highest BCUT2D eigenvalue weighted by Gasteiger charge is 2.37. The summed E-state index contributed by atoms with van der Waals surface area (Å²) in [6, 6.07) is 14.5. The molecule has 20 heteroatoms. The van der Waals surface area contributed by atoms with Crippen molar-refractivity contribution in [1.82, 2.24) is 30.1 Å². The summed E-state index contributed by atoms with van der Waals surface area (Å²) in [5.74, 6) is -2.05. The zero-order valence-corrected chi connectivity index (χ0v) is 43.2. The Hall–Kier alpha value is -5.91. The van der Waals surface area contributed by atoms with Crippen LogP contribution in [0.15, 0.2) is 59.2 Å². The number of pyridine rings is 1. The Morgan fingerprint density at radius 3 is 2.30 bits per heavy atom. The van der Waals surface area contributed by atoms with Gasteiger partial charge in [-0.05, 0) is 110 Å². The lowest BCUT2D eigenvalue weighted by Crippen LogP contribution is -2.55. The molecule has 4 saturated heterocycles. The van der Waals surface area contributed by atoms with Gasteiger partial charge in [-0.1, -0.05) is 6.92 Å². The van der Waals surface area contributed by atoms with E-state index in [2.05, 4.69) is 70.7 Å². The SMILES string of the molecule is CCOc1ccc2c(P(C)(C)=O)c(Nc3nc(Nc4cc(CC)c(N5CCC(N6CCN(C(=O)[C@@H]7CCN(c8cc(F)c([C@H]9CCC(=O)NC9=O)c(F)c8)C7)CC6)CC5)cc4OC)ncc3Br)ccc2n1. The van der Waals surface area contributed by atoms with Crippen molar-refractivity contribution in [3.63, 3.8) is 0 Å². The molecule has 6 heterocycles. The second kappa shape index (κ2) is 21.0. The van der Waals surface area contributed by atoms with Crippen LogP contribution in [0, 0.1) is 17.6 Å². The first-order valence-corrected chi connectivity index (χ1v) is 27.8. The number of piperidine rings is 2. The number of hydrogen-bond acceptors (Lipinski definition) is 14. The number of halogens is 3. The van der Waals surface area contributed by atoms with Gasteiger partial charge in [0.05, 0.1) is 46.9 Å². The van der Waals surface area contributed by atoms with Crippen LogP contribution in [-0.4, -0.2) is 128 Å². The monoisotopic (exact) mass is 1060 g/mol. The Labute approximate surface area is 420 Å². The van der Waals surface area contributed by atoms with Gasteiger partial charge in [0, 0.05) is 111 Å². The molecule has 71 heavy (non-hydrogen) atoms. The number of rotatable bonds is 14. The van der Waals surface area contributed by atoms with Crippen molar-refractivity contribution in [2.45, 2.75) is 64.3 Å². The predicted octanol–water partition coefficient (Wildman–Crippen LogP) is 7.93. The third kappa shape index (κ3) is 10.7. The topological polar surface area (TPSA) is 174 Å². The average molecular weight is 1060 g/mol. The number of aryl methyl sites for hydroxylation is 1. The second-order valence-corrected chi connectivity index (χ2v) is 23.0. The third-order valence-corrected chi connectivity index (χ3v) is 16.3. The largest absolute Gasteiger partial charge is 0.494 e. The summed E-state index contributed by atoms with van der Waals surface area (Å²) >= 11 is 3.61. The number of ether oxygens (including phenoxy) is 2. The lowest BCUT2D eigenvalue weighted by atomic mass is 9.89. The summed E-state index contributed by atoms with van der Waals surface area (Å²) in [5, 5.41) is 10.4. The molecule has 3 N–H and O–H groups in total. The van der Waals surface area contributed by atoms with Gasteiger partial charge in [-0.2, -0.15) is 4.98 Å². The van der Waals surface area contributed by atoms with Crippen LogP contribution in [0.3, 0.4) is 0 Å². The number of benzene rings is 3. The fourth-order valence-corrected chi connectivity index (χ4v) is 12.4. The number of imide groups is 1. The fourth-order valence-electron chi connectivity index (χ4n) is 10.6. The molecule has 16 nitrogen and oxygen atoms in total. The first-order valence-electron chi connectivity index (χ1n) is 24.4. The molecule has 3 amide bonds. The van der Waals surface area contributed by atoms with Crippen LogP contribution in [0.25, 0.3) is 10.9 Å². The van der Waals surface area contributed by atoms with Crippen LogP contribution in [0.5, 0.6) is 11.6 Å². The quantitative estimate of drug-likeness (QED) is 0.0723. The number of aromatic nitrogens is 3. The normalized spacial score (nSPS) is 19.3. The predicted molar refractivity (Wildman–Crippen MR) is 276 cm³/mol. The number of piperazine rings is 1. The van der Waals surface area contributed by atoms with E-state index in [1.165, 1.54) is 12.1 Å². The van der Waals surface area contributed by atoms with Gasteiger partial charge in [0.15, 0.2) is 0 Å². The van der Waals surface area contributed by atoms with Crippen molar-refractivity contribution in [2.24, 2.45) is 5.92 Å². The number of carbonyl (C=O) groups excluding carboxylic acids is 3. The molecule has 3 aromatic carbocycles. The molecular weight excluding hydrogens is 997 g/mol. The van der Waals surface area contributed by atoms with Crippen LogP contribution >= 0.6 is 23.1 Å².